The van der Waals surface area contributed by atoms with Crippen molar-refractivity contribution in [3.63, 3.8) is 0 Å². The summed E-state index contributed by atoms with van der Waals surface area (Å²) in [6, 6.07) is 8.04. The van der Waals surface area contributed by atoms with E-state index in [0.29, 0.717) is 0 Å². The molecule has 152 valence electrons. The Morgan fingerprint density at radius 2 is 1.81 bits per heavy atom. The van der Waals surface area contributed by atoms with Crippen molar-refractivity contribution < 1.29 is 14.7 Å². The summed E-state index contributed by atoms with van der Waals surface area (Å²) in [5, 5.41) is 12.0. The van der Waals surface area contributed by atoms with Gasteiger partial charge < -0.3 is 10.4 Å². The molecule has 1 aliphatic rings. The SMILES string of the molecule is CCc1ccc(NC(=O)C(C)N2CCC(N(CC)CC(=O)O)CC2)cc1.Cl. The normalized spacial score (nSPS) is 16.6. The van der Waals surface area contributed by atoms with Crippen LogP contribution in [0.25, 0.3) is 0 Å². The number of likely N-dealkylation sites (tertiary alicyclic amines) is 1. The van der Waals surface area contributed by atoms with Gasteiger partial charge in [-0.05, 0) is 50.4 Å². The van der Waals surface area contributed by atoms with Crippen LogP contribution in [-0.4, -0.2) is 65.0 Å². The number of nitrogens with one attached hydrogen (secondary N) is 1. The maximum Gasteiger partial charge on any atom is 0.317 e. The molecule has 1 aromatic rings. The number of carbonyl (C=O) groups excluding carboxylic acids is 1. The molecule has 2 N–H and O–H groups in total. The van der Waals surface area contributed by atoms with Crippen molar-refractivity contribution in [2.24, 2.45) is 0 Å². The van der Waals surface area contributed by atoms with Crippen LogP contribution in [0.5, 0.6) is 0 Å². The smallest absolute Gasteiger partial charge is 0.317 e. The van der Waals surface area contributed by atoms with Crippen molar-refractivity contribution in [3.05, 3.63) is 29.8 Å². The first-order valence-electron chi connectivity index (χ1n) is 9.54. The minimum Gasteiger partial charge on any atom is -0.480 e. The highest BCUT2D eigenvalue weighted by molar-refractivity contribution is 5.94. The fourth-order valence-electron chi connectivity index (χ4n) is 3.55. The maximum atomic E-state index is 12.5. The lowest BCUT2D eigenvalue weighted by molar-refractivity contribution is -0.139. The fraction of sp³-hybridized carbons (Fsp3) is 0.600. The molecule has 1 aromatic carbocycles. The van der Waals surface area contributed by atoms with Gasteiger partial charge in [-0.1, -0.05) is 26.0 Å². The summed E-state index contributed by atoms with van der Waals surface area (Å²) >= 11 is 0. The van der Waals surface area contributed by atoms with Gasteiger partial charge in [-0.2, -0.15) is 0 Å². The van der Waals surface area contributed by atoms with Crippen molar-refractivity contribution >= 4 is 30.0 Å². The van der Waals surface area contributed by atoms with Crippen LogP contribution in [0.15, 0.2) is 24.3 Å². The van der Waals surface area contributed by atoms with Crippen molar-refractivity contribution in [3.8, 4) is 0 Å². The van der Waals surface area contributed by atoms with Gasteiger partial charge in [0.15, 0.2) is 0 Å². The second kappa shape index (κ2) is 11.3. The van der Waals surface area contributed by atoms with E-state index in [4.69, 9.17) is 5.11 Å². The van der Waals surface area contributed by atoms with E-state index >= 15 is 0 Å². The third-order valence-electron chi connectivity index (χ3n) is 5.32. The average Bonchev–Trinajstić information content (AvgIpc) is 2.66. The van der Waals surface area contributed by atoms with Gasteiger partial charge in [-0.15, -0.1) is 12.4 Å². The van der Waals surface area contributed by atoms with Crippen LogP contribution >= 0.6 is 12.4 Å². The van der Waals surface area contributed by atoms with Crippen molar-refractivity contribution in [2.45, 2.75) is 52.1 Å². The van der Waals surface area contributed by atoms with Crippen LogP contribution in [0, 0.1) is 0 Å². The molecule has 1 aliphatic heterocycles. The molecule has 1 amide bonds. The molecule has 1 atom stereocenters. The number of carbonyl (C=O) groups is 2. The Labute approximate surface area is 168 Å². The van der Waals surface area contributed by atoms with Crippen LogP contribution < -0.4 is 5.32 Å². The molecular formula is C20H32ClN3O3. The molecule has 1 heterocycles. The number of hydrogen-bond donors (Lipinski definition) is 2. The molecule has 0 saturated carbocycles. The predicted octanol–water partition coefficient (Wildman–Crippen LogP) is 2.87. The van der Waals surface area contributed by atoms with E-state index < -0.39 is 5.97 Å². The van der Waals surface area contributed by atoms with Gasteiger partial charge in [-0.25, -0.2) is 0 Å². The topological polar surface area (TPSA) is 72.9 Å². The van der Waals surface area contributed by atoms with E-state index in [0.717, 1.165) is 44.6 Å². The number of aryl methyl sites for hydroxylation is 1. The lowest BCUT2D eigenvalue weighted by Gasteiger charge is -2.39. The number of benzene rings is 1. The van der Waals surface area contributed by atoms with Gasteiger partial charge in [0.2, 0.25) is 5.91 Å². The zero-order valence-electron chi connectivity index (χ0n) is 16.5. The van der Waals surface area contributed by atoms with Crippen LogP contribution in [0.2, 0.25) is 0 Å². The fourth-order valence-corrected chi connectivity index (χ4v) is 3.55. The summed E-state index contributed by atoms with van der Waals surface area (Å²) in [5.41, 5.74) is 2.08. The number of likely N-dealkylation sites (N-methyl/N-ethyl adjacent to an activating group) is 1. The molecule has 1 unspecified atom stereocenters. The summed E-state index contributed by atoms with van der Waals surface area (Å²) in [4.78, 5) is 27.7. The van der Waals surface area contributed by atoms with Gasteiger partial charge in [0, 0.05) is 24.8 Å². The lowest BCUT2D eigenvalue weighted by Crippen LogP contribution is -2.51. The molecule has 0 aliphatic carbocycles. The van der Waals surface area contributed by atoms with Gasteiger partial charge in [0.25, 0.3) is 0 Å². The largest absolute Gasteiger partial charge is 0.480 e. The predicted molar refractivity (Wildman–Crippen MR) is 111 cm³/mol. The second-order valence-corrected chi connectivity index (χ2v) is 6.94. The summed E-state index contributed by atoms with van der Waals surface area (Å²) in [6.45, 7) is 8.48. The van der Waals surface area contributed by atoms with Gasteiger partial charge in [0.05, 0.1) is 12.6 Å². The minimum absolute atomic E-state index is 0. The maximum absolute atomic E-state index is 12.5. The number of halogens is 1. The van der Waals surface area contributed by atoms with Crippen molar-refractivity contribution in [1.82, 2.24) is 9.80 Å². The first-order chi connectivity index (χ1) is 12.4. The summed E-state index contributed by atoms with van der Waals surface area (Å²) in [7, 11) is 0. The average molecular weight is 398 g/mol. The zero-order valence-corrected chi connectivity index (χ0v) is 17.3. The van der Waals surface area contributed by atoms with E-state index in [2.05, 4.69) is 17.1 Å². The number of nitrogens with zero attached hydrogens (tertiary/aromatic N) is 2. The van der Waals surface area contributed by atoms with E-state index in [1.54, 1.807) is 0 Å². The molecule has 0 bridgehead atoms. The second-order valence-electron chi connectivity index (χ2n) is 6.94. The molecule has 7 heteroatoms. The number of carboxylic acid groups (broad SMARTS) is 1. The number of aliphatic carboxylic acids is 1. The molecule has 27 heavy (non-hydrogen) atoms. The van der Waals surface area contributed by atoms with E-state index in [-0.39, 0.29) is 36.9 Å². The van der Waals surface area contributed by atoms with Gasteiger partial charge in [-0.3, -0.25) is 19.4 Å². The summed E-state index contributed by atoms with van der Waals surface area (Å²) in [6.07, 6.45) is 2.77. The quantitative estimate of drug-likeness (QED) is 0.705. The first kappa shape index (κ1) is 23.4. The Bertz CT molecular complexity index is 601. The van der Waals surface area contributed by atoms with Crippen molar-refractivity contribution in [1.29, 1.82) is 0 Å². The number of rotatable bonds is 8. The van der Waals surface area contributed by atoms with Crippen LogP contribution in [0.4, 0.5) is 5.69 Å². The Hall–Kier alpha value is -1.63. The highest BCUT2D eigenvalue weighted by atomic mass is 35.5. The number of piperidine rings is 1. The van der Waals surface area contributed by atoms with Crippen LogP contribution in [-0.2, 0) is 16.0 Å². The van der Waals surface area contributed by atoms with Crippen LogP contribution in [0.1, 0.15) is 39.2 Å². The Balaban J connectivity index is 0.00000364. The standard InChI is InChI=1S/C20H31N3O3.ClH/c1-4-16-6-8-17(9-7-16)21-20(26)15(3)23-12-10-18(11-13-23)22(5-2)14-19(24)25;/h6-9,15,18H,4-5,10-14H2,1-3H3,(H,21,26)(H,24,25);1H. The number of anilines is 1. The molecule has 0 aromatic heterocycles. The van der Waals surface area contributed by atoms with E-state index in [9.17, 15) is 9.59 Å². The molecule has 0 radical (unpaired) electrons. The molecule has 6 nitrogen and oxygen atoms in total. The molecule has 1 fully saturated rings. The molecule has 2 rings (SSSR count). The molecule has 0 spiro atoms. The molecule has 1 saturated heterocycles. The highest BCUT2D eigenvalue weighted by Crippen LogP contribution is 2.19. The highest BCUT2D eigenvalue weighted by Gasteiger charge is 2.29. The van der Waals surface area contributed by atoms with Gasteiger partial charge >= 0.3 is 5.97 Å². The zero-order chi connectivity index (χ0) is 19.1. The van der Waals surface area contributed by atoms with E-state index in [1.165, 1.54) is 5.56 Å². The summed E-state index contributed by atoms with van der Waals surface area (Å²) in [5.74, 6) is -0.776. The van der Waals surface area contributed by atoms with E-state index in [1.807, 2.05) is 43.0 Å². The van der Waals surface area contributed by atoms with Crippen molar-refractivity contribution in [2.75, 3.05) is 31.5 Å². The summed E-state index contributed by atoms with van der Waals surface area (Å²) < 4.78 is 0. The first-order valence-corrected chi connectivity index (χ1v) is 9.54. The third-order valence-corrected chi connectivity index (χ3v) is 5.32. The number of amides is 1. The number of hydrogen-bond acceptors (Lipinski definition) is 4. The van der Waals surface area contributed by atoms with Crippen LogP contribution in [0.3, 0.4) is 0 Å². The Morgan fingerprint density at radius 1 is 1.22 bits per heavy atom. The lowest BCUT2D eigenvalue weighted by atomic mass is 10.0. The van der Waals surface area contributed by atoms with Gasteiger partial charge in [0.1, 0.15) is 0 Å². The monoisotopic (exact) mass is 397 g/mol. The minimum atomic E-state index is -0.781. The Kier molecular flexibility index (Phi) is 9.77. The molecular weight excluding hydrogens is 366 g/mol. The Morgan fingerprint density at radius 3 is 2.30 bits per heavy atom. The third kappa shape index (κ3) is 6.79. The number of carboxylic acids is 1.